The van der Waals surface area contributed by atoms with Crippen molar-refractivity contribution < 1.29 is 17.7 Å². The largest absolute Gasteiger partial charge is 0.497 e. The van der Waals surface area contributed by atoms with E-state index in [1.165, 1.54) is 12.1 Å². The molecule has 0 atom stereocenters. The van der Waals surface area contributed by atoms with Crippen LogP contribution in [0.25, 0.3) is 21.6 Å². The molecule has 2 aromatic heterocycles. The Morgan fingerprint density at radius 3 is 2.61 bits per heavy atom. The molecule has 0 amide bonds. The summed E-state index contributed by atoms with van der Waals surface area (Å²) in [6.45, 7) is 3.65. The number of methoxy groups -OCH3 is 1. The number of sulfonamides is 1. The summed E-state index contributed by atoms with van der Waals surface area (Å²) in [7, 11) is -2.26. The third-order valence-corrected chi connectivity index (χ3v) is 6.96. The molecule has 0 spiro atoms. The van der Waals surface area contributed by atoms with Crippen molar-refractivity contribution in [3.8, 4) is 17.1 Å². The van der Waals surface area contributed by atoms with Crippen molar-refractivity contribution in [3.63, 3.8) is 0 Å². The molecule has 9 nitrogen and oxygen atoms in total. The third kappa shape index (κ3) is 4.24. The fourth-order valence-corrected chi connectivity index (χ4v) is 5.22. The van der Waals surface area contributed by atoms with Gasteiger partial charge in [-0.25, -0.2) is 13.1 Å². The Morgan fingerprint density at radius 2 is 1.94 bits per heavy atom. The van der Waals surface area contributed by atoms with Crippen molar-refractivity contribution in [2.24, 2.45) is 0 Å². The van der Waals surface area contributed by atoms with Crippen LogP contribution in [0.1, 0.15) is 25.8 Å². The lowest BCUT2D eigenvalue weighted by molar-refractivity contribution is 0.376. The first-order valence-electron chi connectivity index (χ1n) is 9.40. The molecule has 162 valence electrons. The normalized spacial score (nSPS) is 12.0. The number of benzene rings is 2. The van der Waals surface area contributed by atoms with Crippen LogP contribution in [0.2, 0.25) is 0 Å². The number of thiazole rings is 1. The van der Waals surface area contributed by atoms with Gasteiger partial charge in [-0.2, -0.15) is 4.98 Å². The molecular weight excluding hydrogens is 440 g/mol. The van der Waals surface area contributed by atoms with Gasteiger partial charge in [-0.15, -0.1) is 0 Å². The highest BCUT2D eigenvalue weighted by Crippen LogP contribution is 2.24. The van der Waals surface area contributed by atoms with E-state index in [1.807, 2.05) is 13.8 Å². The van der Waals surface area contributed by atoms with Crippen LogP contribution in [-0.4, -0.2) is 30.2 Å². The van der Waals surface area contributed by atoms with Crippen LogP contribution in [0.5, 0.6) is 5.75 Å². The molecule has 1 N–H and O–H groups in total. The minimum atomic E-state index is -3.84. The number of nitrogens with one attached hydrogen (secondary N) is 1. The van der Waals surface area contributed by atoms with E-state index in [9.17, 15) is 13.2 Å². The molecule has 0 unspecified atom stereocenters. The van der Waals surface area contributed by atoms with Crippen molar-refractivity contribution in [2.45, 2.75) is 31.3 Å². The molecule has 2 aromatic carbocycles. The zero-order valence-corrected chi connectivity index (χ0v) is 18.7. The predicted molar refractivity (Wildman–Crippen MR) is 117 cm³/mol. The zero-order chi connectivity index (χ0) is 22.2. The summed E-state index contributed by atoms with van der Waals surface area (Å²) in [6.07, 6.45) is 0. The fourth-order valence-electron chi connectivity index (χ4n) is 3.10. The zero-order valence-electron chi connectivity index (χ0n) is 17.0. The van der Waals surface area contributed by atoms with Gasteiger partial charge in [-0.1, -0.05) is 16.5 Å². The minimum absolute atomic E-state index is 0.0146. The van der Waals surface area contributed by atoms with Crippen LogP contribution in [-0.2, 0) is 16.6 Å². The first kappa shape index (κ1) is 21.2. The molecule has 0 aliphatic heterocycles. The highest BCUT2D eigenvalue weighted by Gasteiger charge is 2.19. The second-order valence-corrected chi connectivity index (χ2v) is 9.79. The number of aromatic nitrogens is 3. The van der Waals surface area contributed by atoms with Crippen molar-refractivity contribution in [1.29, 1.82) is 0 Å². The van der Waals surface area contributed by atoms with Crippen molar-refractivity contribution >= 4 is 31.6 Å². The second kappa shape index (κ2) is 8.25. The number of hydrogen-bond acceptors (Lipinski definition) is 8. The molecule has 2 heterocycles. The fraction of sp³-hybridized carbons (Fsp3) is 0.250. The summed E-state index contributed by atoms with van der Waals surface area (Å²) in [4.78, 5) is 16.4. The van der Waals surface area contributed by atoms with E-state index in [1.54, 1.807) is 42.0 Å². The Morgan fingerprint density at radius 1 is 1.19 bits per heavy atom. The lowest BCUT2D eigenvalue weighted by atomic mass is 10.2. The van der Waals surface area contributed by atoms with E-state index in [0.29, 0.717) is 27.4 Å². The molecule has 0 aliphatic rings. The van der Waals surface area contributed by atoms with Gasteiger partial charge in [0.25, 0.3) is 0 Å². The summed E-state index contributed by atoms with van der Waals surface area (Å²) in [6, 6.07) is 11.7. The topological polar surface area (TPSA) is 116 Å². The van der Waals surface area contributed by atoms with E-state index in [2.05, 4.69) is 14.9 Å². The third-order valence-electron chi connectivity index (χ3n) is 4.64. The molecule has 4 rings (SSSR count). The van der Waals surface area contributed by atoms with Crippen LogP contribution in [0.15, 0.2) is 56.7 Å². The smallest absolute Gasteiger partial charge is 0.308 e. The molecule has 0 saturated carbocycles. The second-order valence-electron chi connectivity index (χ2n) is 7.03. The number of hydrogen-bond donors (Lipinski definition) is 1. The molecule has 11 heteroatoms. The SMILES string of the molecule is COc1ccc(-c2noc(CNS(=O)(=O)c3ccc4c(c3)sc(=O)n4C(C)C)n2)cc1. The highest BCUT2D eigenvalue weighted by atomic mass is 32.2. The maximum Gasteiger partial charge on any atom is 0.308 e. The molecule has 0 radical (unpaired) electrons. The average Bonchev–Trinajstić information content (AvgIpc) is 3.35. The molecule has 0 saturated heterocycles. The van der Waals surface area contributed by atoms with Gasteiger partial charge in [0.15, 0.2) is 0 Å². The Labute approximate surface area is 182 Å². The quantitative estimate of drug-likeness (QED) is 0.450. The maximum absolute atomic E-state index is 12.7. The number of fused-ring (bicyclic) bond motifs is 1. The molecule has 0 bridgehead atoms. The summed E-state index contributed by atoms with van der Waals surface area (Å²) >= 11 is 1.02. The minimum Gasteiger partial charge on any atom is -0.497 e. The monoisotopic (exact) mass is 460 g/mol. The van der Waals surface area contributed by atoms with Gasteiger partial charge < -0.3 is 9.26 Å². The Balaban J connectivity index is 1.52. The summed E-state index contributed by atoms with van der Waals surface area (Å²) in [5.41, 5.74) is 1.43. The van der Waals surface area contributed by atoms with E-state index in [4.69, 9.17) is 9.26 Å². The molecule has 0 aliphatic carbocycles. The first-order chi connectivity index (χ1) is 14.8. The summed E-state index contributed by atoms with van der Waals surface area (Å²) in [5, 5.41) is 3.89. The molecule has 31 heavy (non-hydrogen) atoms. The van der Waals surface area contributed by atoms with Crippen LogP contribution in [0, 0.1) is 0 Å². The molecule has 4 aromatic rings. The number of ether oxygens (including phenoxy) is 1. The molecule has 0 fully saturated rings. The lowest BCUT2D eigenvalue weighted by Gasteiger charge is -2.08. The van der Waals surface area contributed by atoms with Crippen molar-refractivity contribution in [3.05, 3.63) is 58.0 Å². The maximum atomic E-state index is 12.7. The Kier molecular flexibility index (Phi) is 5.65. The lowest BCUT2D eigenvalue weighted by Crippen LogP contribution is -2.23. The van der Waals surface area contributed by atoms with E-state index in [-0.39, 0.29) is 28.2 Å². The number of rotatable bonds is 7. The van der Waals surface area contributed by atoms with E-state index >= 15 is 0 Å². The Bertz CT molecular complexity index is 1390. The summed E-state index contributed by atoms with van der Waals surface area (Å²) < 4.78 is 40.4. The first-order valence-corrected chi connectivity index (χ1v) is 11.7. The van der Waals surface area contributed by atoms with Crippen LogP contribution in [0.3, 0.4) is 0 Å². The number of nitrogens with zero attached hydrogens (tertiary/aromatic N) is 3. The van der Waals surface area contributed by atoms with Gasteiger partial charge in [0.1, 0.15) is 5.75 Å². The van der Waals surface area contributed by atoms with Crippen LogP contribution in [0.4, 0.5) is 0 Å². The van der Waals surface area contributed by atoms with Gasteiger partial charge in [-0.05, 0) is 56.3 Å². The van der Waals surface area contributed by atoms with Crippen molar-refractivity contribution in [2.75, 3.05) is 7.11 Å². The summed E-state index contributed by atoms with van der Waals surface area (Å²) in [5.74, 6) is 1.18. The van der Waals surface area contributed by atoms with Gasteiger partial charge in [-0.3, -0.25) is 9.36 Å². The van der Waals surface area contributed by atoms with E-state index < -0.39 is 10.0 Å². The van der Waals surface area contributed by atoms with Gasteiger partial charge >= 0.3 is 4.87 Å². The molecular formula is C20H20N4O5S2. The highest BCUT2D eigenvalue weighted by molar-refractivity contribution is 7.89. The van der Waals surface area contributed by atoms with Crippen molar-refractivity contribution in [1.82, 2.24) is 19.4 Å². The van der Waals surface area contributed by atoms with E-state index in [0.717, 1.165) is 11.3 Å². The standard InChI is InChI=1S/C20H20N4O5S2/c1-12(2)24-16-9-8-15(10-17(16)30-20(24)25)31(26,27)21-11-18-22-19(23-29-18)13-4-6-14(28-3)7-5-13/h4-10,12,21H,11H2,1-3H3. The predicted octanol–water partition coefficient (Wildman–Crippen LogP) is 3.18. The van der Waals surface area contributed by atoms with Gasteiger partial charge in [0.2, 0.25) is 21.7 Å². The van der Waals surface area contributed by atoms with Crippen LogP contribution < -0.4 is 14.3 Å². The van der Waals surface area contributed by atoms with Crippen LogP contribution >= 0.6 is 11.3 Å². The average molecular weight is 461 g/mol. The van der Waals surface area contributed by atoms with Gasteiger partial charge in [0.05, 0.1) is 28.8 Å². The Hall–Kier alpha value is -3.02. The van der Waals surface area contributed by atoms with Gasteiger partial charge in [0, 0.05) is 11.6 Å².